The number of amides is 1. The Bertz CT molecular complexity index is 1580. The number of nitrogens with one attached hydrogen (secondary N) is 1. The van der Waals surface area contributed by atoms with Crippen molar-refractivity contribution in [2.24, 2.45) is 0 Å². The van der Waals surface area contributed by atoms with Crippen molar-refractivity contribution in [3.63, 3.8) is 0 Å². The summed E-state index contributed by atoms with van der Waals surface area (Å²) in [6.45, 7) is 5.15. The molecule has 9 heteroatoms. The summed E-state index contributed by atoms with van der Waals surface area (Å²) >= 11 is 0. The van der Waals surface area contributed by atoms with Crippen LogP contribution in [-0.4, -0.2) is 53.4 Å². The van der Waals surface area contributed by atoms with E-state index in [4.69, 9.17) is 18.6 Å². The molecule has 0 radical (unpaired) electrons. The highest BCUT2D eigenvalue weighted by atomic mass is 16.7. The Morgan fingerprint density at radius 1 is 0.950 bits per heavy atom. The molecule has 1 fully saturated rings. The maximum Gasteiger partial charge on any atom is 0.360 e. The number of fused-ring (bicyclic) bond motifs is 1. The van der Waals surface area contributed by atoms with Crippen LogP contribution in [0, 0.1) is 6.92 Å². The Hall–Kier alpha value is -4.02. The number of carbonyl (C=O) groups excluding carboxylic acids is 1. The average Bonchev–Trinajstić information content (AvgIpc) is 2.94. The maximum atomic E-state index is 12.9. The van der Waals surface area contributed by atoms with Gasteiger partial charge in [-0.05, 0) is 62.2 Å². The molecular formula is C31H31NO8. The van der Waals surface area contributed by atoms with Gasteiger partial charge in [0.25, 0.3) is 5.91 Å². The highest BCUT2D eigenvalue weighted by molar-refractivity contribution is 6.05. The van der Waals surface area contributed by atoms with Crippen LogP contribution in [-0.2, 0) is 9.47 Å². The van der Waals surface area contributed by atoms with Gasteiger partial charge in [0.1, 0.15) is 35.3 Å². The zero-order valence-corrected chi connectivity index (χ0v) is 22.6. The van der Waals surface area contributed by atoms with E-state index in [0.29, 0.717) is 22.3 Å². The number of hydrogen-bond donors (Lipinski definition) is 3. The molecule has 4 atom stereocenters. The van der Waals surface area contributed by atoms with Crippen molar-refractivity contribution in [2.45, 2.75) is 51.0 Å². The number of aliphatic hydroxyl groups is 2. The second-order valence-electron chi connectivity index (χ2n) is 10.3. The van der Waals surface area contributed by atoms with E-state index in [-0.39, 0.29) is 11.3 Å². The van der Waals surface area contributed by atoms with Crippen LogP contribution in [0.5, 0.6) is 5.75 Å². The molecule has 2 heterocycles. The number of ether oxygens (including phenoxy) is 3. The number of aliphatic hydroxyl groups excluding tert-OH is 2. The Balaban J connectivity index is 1.35. The summed E-state index contributed by atoms with van der Waals surface area (Å²) in [5, 5.41) is 24.3. The van der Waals surface area contributed by atoms with Gasteiger partial charge in [-0.2, -0.15) is 0 Å². The molecule has 0 spiro atoms. The molecule has 1 amide bonds. The normalized spacial score (nSPS) is 22.1. The summed E-state index contributed by atoms with van der Waals surface area (Å²) in [7, 11) is 1.43. The number of methoxy groups -OCH3 is 1. The molecule has 3 aromatic carbocycles. The van der Waals surface area contributed by atoms with E-state index in [9.17, 15) is 19.8 Å². The van der Waals surface area contributed by atoms with E-state index < -0.39 is 41.7 Å². The van der Waals surface area contributed by atoms with Crippen LogP contribution in [0.3, 0.4) is 0 Å². The lowest BCUT2D eigenvalue weighted by Gasteiger charge is -2.46. The first-order chi connectivity index (χ1) is 19.1. The van der Waals surface area contributed by atoms with E-state index in [2.05, 4.69) is 5.32 Å². The van der Waals surface area contributed by atoms with Gasteiger partial charge in [-0.3, -0.25) is 4.79 Å². The van der Waals surface area contributed by atoms with Gasteiger partial charge in [0.15, 0.2) is 0 Å². The monoisotopic (exact) mass is 545 g/mol. The number of hydrogen-bond acceptors (Lipinski definition) is 8. The Morgan fingerprint density at radius 2 is 1.62 bits per heavy atom. The zero-order valence-electron chi connectivity index (χ0n) is 22.6. The fourth-order valence-corrected chi connectivity index (χ4v) is 4.99. The summed E-state index contributed by atoms with van der Waals surface area (Å²) < 4.78 is 22.7. The quantitative estimate of drug-likeness (QED) is 0.307. The van der Waals surface area contributed by atoms with Crippen LogP contribution in [0.1, 0.15) is 29.8 Å². The molecule has 0 aliphatic carbocycles. The van der Waals surface area contributed by atoms with Crippen molar-refractivity contribution in [1.82, 2.24) is 0 Å². The molecule has 1 saturated heterocycles. The lowest BCUT2D eigenvalue weighted by atomic mass is 9.89. The SMILES string of the molecule is CO[C@@H]1[C@@H](O)[C@@H](O)[C@H](Oc2ccc3cc(NC(=O)c4ccc(-c5ccccc5)cc4)c(=O)oc3c2C)OC1(C)C. The molecule has 1 aliphatic rings. The molecule has 9 nitrogen and oxygen atoms in total. The van der Waals surface area contributed by atoms with Crippen molar-refractivity contribution in [3.8, 4) is 16.9 Å². The molecule has 0 unspecified atom stereocenters. The van der Waals surface area contributed by atoms with E-state index in [1.807, 2.05) is 42.5 Å². The second-order valence-corrected chi connectivity index (χ2v) is 10.3. The van der Waals surface area contributed by atoms with Crippen molar-refractivity contribution < 1.29 is 33.6 Å². The number of rotatable bonds is 6. The molecule has 208 valence electrons. The molecule has 3 N–H and O–H groups in total. The minimum absolute atomic E-state index is 0.000723. The first-order valence-electron chi connectivity index (χ1n) is 12.9. The van der Waals surface area contributed by atoms with Gasteiger partial charge in [0, 0.05) is 23.6 Å². The highest BCUT2D eigenvalue weighted by Crippen LogP contribution is 2.35. The molecular weight excluding hydrogens is 514 g/mol. The van der Waals surface area contributed by atoms with Gasteiger partial charge < -0.3 is 34.2 Å². The van der Waals surface area contributed by atoms with E-state index in [1.165, 1.54) is 13.2 Å². The standard InChI is InChI=1S/C31H31NO8/c1-17-23(38-30-25(34)24(33)27(37-4)31(2,3)40-30)15-14-21-16-22(29(36)39-26(17)21)32-28(35)20-12-10-19(11-13-20)18-8-6-5-7-9-18/h5-16,24-25,27,30,33-34H,1-4H3,(H,32,35)/t24-,25+,27+,30+/m0/s1. The predicted molar refractivity (Wildman–Crippen MR) is 149 cm³/mol. The van der Waals surface area contributed by atoms with Crippen molar-refractivity contribution in [3.05, 3.63) is 94.3 Å². The largest absolute Gasteiger partial charge is 0.462 e. The number of aryl methyl sites for hydroxylation is 1. The average molecular weight is 546 g/mol. The molecule has 4 aromatic rings. The maximum absolute atomic E-state index is 12.9. The summed E-state index contributed by atoms with van der Waals surface area (Å²) in [4.78, 5) is 25.7. The minimum Gasteiger partial charge on any atom is -0.462 e. The van der Waals surface area contributed by atoms with Crippen molar-refractivity contribution in [1.29, 1.82) is 0 Å². The fraction of sp³-hybridized carbons (Fsp3) is 0.290. The summed E-state index contributed by atoms with van der Waals surface area (Å²) in [6.07, 6.45) is -4.56. The van der Waals surface area contributed by atoms with Crippen molar-refractivity contribution >= 4 is 22.6 Å². The highest BCUT2D eigenvalue weighted by Gasteiger charge is 2.50. The Labute approximate surface area is 230 Å². The third kappa shape index (κ3) is 5.24. The molecule has 1 aromatic heterocycles. The van der Waals surface area contributed by atoms with Gasteiger partial charge >= 0.3 is 5.63 Å². The van der Waals surface area contributed by atoms with Crippen LogP contribution in [0.15, 0.2) is 82.0 Å². The molecule has 0 saturated carbocycles. The van der Waals surface area contributed by atoms with Crippen LogP contribution in [0.25, 0.3) is 22.1 Å². The lowest BCUT2D eigenvalue weighted by molar-refractivity contribution is -0.306. The summed E-state index contributed by atoms with van der Waals surface area (Å²) in [6, 6.07) is 21.7. The molecule has 0 bridgehead atoms. The smallest absolute Gasteiger partial charge is 0.360 e. The van der Waals surface area contributed by atoms with Crippen LogP contribution >= 0.6 is 0 Å². The van der Waals surface area contributed by atoms with E-state index in [1.54, 1.807) is 45.0 Å². The first-order valence-corrected chi connectivity index (χ1v) is 12.9. The molecule has 40 heavy (non-hydrogen) atoms. The zero-order chi connectivity index (χ0) is 28.6. The number of benzene rings is 3. The number of anilines is 1. The molecule has 5 rings (SSSR count). The van der Waals surface area contributed by atoms with Gasteiger partial charge in [0.2, 0.25) is 6.29 Å². The third-order valence-corrected chi connectivity index (χ3v) is 7.14. The minimum atomic E-state index is -1.38. The van der Waals surface area contributed by atoms with Gasteiger partial charge in [-0.25, -0.2) is 4.79 Å². The molecule has 1 aliphatic heterocycles. The second kappa shape index (κ2) is 10.9. The van der Waals surface area contributed by atoms with Crippen LogP contribution < -0.4 is 15.7 Å². The van der Waals surface area contributed by atoms with E-state index >= 15 is 0 Å². The third-order valence-electron chi connectivity index (χ3n) is 7.14. The van der Waals surface area contributed by atoms with E-state index in [0.717, 1.165) is 11.1 Å². The van der Waals surface area contributed by atoms with Gasteiger partial charge in [0.05, 0.1) is 5.60 Å². The summed E-state index contributed by atoms with van der Waals surface area (Å²) in [5.74, 6) is -0.143. The predicted octanol–water partition coefficient (Wildman–Crippen LogP) is 4.27. The Kier molecular flexibility index (Phi) is 7.48. The topological polar surface area (TPSA) is 127 Å². The van der Waals surface area contributed by atoms with Gasteiger partial charge in [-0.15, -0.1) is 0 Å². The first kappa shape index (κ1) is 27.5. The summed E-state index contributed by atoms with van der Waals surface area (Å²) in [5.41, 5.74) is 1.48. The van der Waals surface area contributed by atoms with Gasteiger partial charge in [-0.1, -0.05) is 42.5 Å². The van der Waals surface area contributed by atoms with Crippen molar-refractivity contribution in [2.75, 3.05) is 12.4 Å². The fourth-order valence-electron chi connectivity index (χ4n) is 4.99. The Morgan fingerprint density at radius 3 is 2.30 bits per heavy atom. The van der Waals surface area contributed by atoms with Crippen LogP contribution in [0.2, 0.25) is 0 Å². The number of carbonyl (C=O) groups is 1. The lowest BCUT2D eigenvalue weighted by Crippen LogP contribution is -2.63. The van der Waals surface area contributed by atoms with Crippen LogP contribution in [0.4, 0.5) is 5.69 Å².